The third-order valence-corrected chi connectivity index (χ3v) is 4.16. The predicted octanol–water partition coefficient (Wildman–Crippen LogP) is 3.36. The first kappa shape index (κ1) is 18.8. The van der Waals surface area contributed by atoms with Gasteiger partial charge in [0, 0.05) is 17.9 Å². The van der Waals surface area contributed by atoms with Gasteiger partial charge in [-0.05, 0) is 44.9 Å². The molecule has 0 spiro atoms. The second kappa shape index (κ2) is 8.05. The summed E-state index contributed by atoms with van der Waals surface area (Å²) in [6, 6.07) is 6.40. The minimum atomic E-state index is -0.544. The summed E-state index contributed by atoms with van der Waals surface area (Å²) >= 11 is 0. The number of carbonyl (C=O) groups is 2. The van der Waals surface area contributed by atoms with Crippen LogP contribution in [0.5, 0.6) is 0 Å². The van der Waals surface area contributed by atoms with Crippen LogP contribution in [0.3, 0.4) is 0 Å². The molecule has 0 saturated heterocycles. The number of unbranched alkanes of at least 4 members (excludes halogenated alkanes) is 1. The van der Waals surface area contributed by atoms with E-state index in [2.05, 4.69) is 12.2 Å². The quantitative estimate of drug-likeness (QED) is 0.611. The summed E-state index contributed by atoms with van der Waals surface area (Å²) in [7, 11) is 0. The van der Waals surface area contributed by atoms with E-state index in [9.17, 15) is 9.59 Å². The molecule has 6 heteroatoms. The minimum absolute atomic E-state index is 0.200. The second-order valence-corrected chi connectivity index (χ2v) is 6.51. The van der Waals surface area contributed by atoms with Gasteiger partial charge in [0.15, 0.2) is 0 Å². The Labute approximate surface area is 149 Å². The van der Waals surface area contributed by atoms with Crippen molar-refractivity contribution < 1.29 is 14.3 Å². The first-order chi connectivity index (χ1) is 11.8. The summed E-state index contributed by atoms with van der Waals surface area (Å²) in [5.74, 6) is -0.407. The lowest BCUT2D eigenvalue weighted by molar-refractivity contribution is -0.143. The number of nitrogens with one attached hydrogen (secondary N) is 1. The molecule has 2 amide bonds. The average Bonchev–Trinajstić information content (AvgIpc) is 2.54. The number of anilines is 1. The Morgan fingerprint density at radius 3 is 2.52 bits per heavy atom. The molecule has 0 aliphatic carbocycles. The Hall–Kier alpha value is -2.50. The lowest BCUT2D eigenvalue weighted by Gasteiger charge is -2.35. The standard InChI is InChI=1S/C19H27N3O3/c1-5-6-11-22-13(4)16(18(23)25-12(2)3)17(21-19(22)24)14-7-9-15(20)10-8-14/h7-10,12,17H,5-6,11,20H2,1-4H3,(H,21,24). The zero-order chi connectivity index (χ0) is 18.6. The zero-order valence-electron chi connectivity index (χ0n) is 15.3. The Morgan fingerprint density at radius 2 is 1.96 bits per heavy atom. The number of carbonyl (C=O) groups excluding carboxylic acids is 2. The Balaban J connectivity index is 2.46. The van der Waals surface area contributed by atoms with Crippen molar-refractivity contribution in [3.05, 3.63) is 41.1 Å². The highest BCUT2D eigenvalue weighted by Gasteiger charge is 2.36. The molecule has 1 aliphatic rings. The van der Waals surface area contributed by atoms with E-state index in [1.54, 1.807) is 24.0 Å². The molecule has 1 aromatic carbocycles. The van der Waals surface area contributed by atoms with Gasteiger partial charge in [-0.2, -0.15) is 0 Å². The van der Waals surface area contributed by atoms with E-state index in [1.807, 2.05) is 26.0 Å². The normalized spacial score (nSPS) is 17.7. The van der Waals surface area contributed by atoms with E-state index in [-0.39, 0.29) is 12.1 Å². The molecule has 1 atom stereocenters. The minimum Gasteiger partial charge on any atom is -0.459 e. The van der Waals surface area contributed by atoms with E-state index in [0.29, 0.717) is 23.5 Å². The van der Waals surface area contributed by atoms with Crippen LogP contribution in [0.4, 0.5) is 10.5 Å². The van der Waals surface area contributed by atoms with Gasteiger partial charge in [0.05, 0.1) is 17.7 Å². The number of allylic oxidation sites excluding steroid dienone is 1. The summed E-state index contributed by atoms with van der Waals surface area (Å²) in [6.45, 7) is 8.05. The molecule has 1 aliphatic heterocycles. The van der Waals surface area contributed by atoms with Gasteiger partial charge < -0.3 is 15.8 Å². The highest BCUT2D eigenvalue weighted by molar-refractivity contribution is 5.95. The molecule has 3 N–H and O–H groups in total. The highest BCUT2D eigenvalue weighted by Crippen LogP contribution is 2.32. The fourth-order valence-electron chi connectivity index (χ4n) is 2.85. The predicted molar refractivity (Wildman–Crippen MR) is 97.7 cm³/mol. The molecule has 0 fully saturated rings. The monoisotopic (exact) mass is 345 g/mol. The fourth-order valence-corrected chi connectivity index (χ4v) is 2.85. The molecule has 1 aromatic rings. The molecule has 2 rings (SSSR count). The number of hydrogen-bond acceptors (Lipinski definition) is 4. The maximum atomic E-state index is 12.7. The molecule has 6 nitrogen and oxygen atoms in total. The number of amides is 2. The van der Waals surface area contributed by atoms with Gasteiger partial charge in [0.25, 0.3) is 0 Å². The topological polar surface area (TPSA) is 84.7 Å². The van der Waals surface area contributed by atoms with E-state index < -0.39 is 12.0 Å². The number of nitrogens with two attached hydrogens (primary N) is 1. The van der Waals surface area contributed by atoms with Crippen molar-refractivity contribution >= 4 is 17.7 Å². The van der Waals surface area contributed by atoms with Crippen LogP contribution in [0.15, 0.2) is 35.5 Å². The Kier molecular flexibility index (Phi) is 6.07. The van der Waals surface area contributed by atoms with Gasteiger partial charge in [-0.25, -0.2) is 9.59 Å². The van der Waals surface area contributed by atoms with Crippen LogP contribution in [-0.4, -0.2) is 29.5 Å². The summed E-state index contributed by atoms with van der Waals surface area (Å²) in [5.41, 5.74) is 8.29. The Morgan fingerprint density at radius 1 is 1.32 bits per heavy atom. The van der Waals surface area contributed by atoms with Crippen molar-refractivity contribution in [1.29, 1.82) is 0 Å². The molecular formula is C19H27N3O3. The molecule has 0 saturated carbocycles. The van der Waals surface area contributed by atoms with Gasteiger partial charge in [-0.1, -0.05) is 25.5 Å². The zero-order valence-corrected chi connectivity index (χ0v) is 15.3. The second-order valence-electron chi connectivity index (χ2n) is 6.51. The summed E-state index contributed by atoms with van der Waals surface area (Å²) in [4.78, 5) is 26.9. The lowest BCUT2D eigenvalue weighted by atomic mass is 9.94. The van der Waals surface area contributed by atoms with E-state index >= 15 is 0 Å². The van der Waals surface area contributed by atoms with Crippen LogP contribution in [0.2, 0.25) is 0 Å². The van der Waals surface area contributed by atoms with E-state index in [1.165, 1.54) is 0 Å². The average molecular weight is 345 g/mol. The molecular weight excluding hydrogens is 318 g/mol. The van der Waals surface area contributed by atoms with Crippen LogP contribution >= 0.6 is 0 Å². The van der Waals surface area contributed by atoms with Gasteiger partial charge >= 0.3 is 12.0 Å². The number of nitrogens with zero attached hydrogens (tertiary/aromatic N) is 1. The molecule has 136 valence electrons. The van der Waals surface area contributed by atoms with Crippen molar-refractivity contribution in [2.45, 2.75) is 52.7 Å². The van der Waals surface area contributed by atoms with Crippen LogP contribution in [0.1, 0.15) is 52.1 Å². The number of esters is 1. The number of ether oxygens (including phenoxy) is 1. The SMILES string of the molecule is CCCCN1C(=O)NC(c2ccc(N)cc2)C(C(=O)OC(C)C)=C1C. The van der Waals surface area contributed by atoms with Crippen LogP contribution < -0.4 is 11.1 Å². The van der Waals surface area contributed by atoms with Crippen molar-refractivity contribution in [1.82, 2.24) is 10.2 Å². The van der Waals surface area contributed by atoms with Crippen molar-refractivity contribution in [3.63, 3.8) is 0 Å². The molecule has 0 radical (unpaired) electrons. The highest BCUT2D eigenvalue weighted by atomic mass is 16.5. The molecule has 1 heterocycles. The molecule has 0 aromatic heterocycles. The third kappa shape index (κ3) is 4.32. The maximum absolute atomic E-state index is 12.7. The van der Waals surface area contributed by atoms with Crippen molar-refractivity contribution in [3.8, 4) is 0 Å². The number of nitrogen functional groups attached to an aromatic ring is 1. The maximum Gasteiger partial charge on any atom is 0.338 e. The van der Waals surface area contributed by atoms with Gasteiger partial charge in [-0.3, -0.25) is 4.90 Å². The molecule has 25 heavy (non-hydrogen) atoms. The van der Waals surface area contributed by atoms with Gasteiger partial charge in [-0.15, -0.1) is 0 Å². The lowest BCUT2D eigenvalue weighted by Crippen LogP contribution is -2.48. The summed E-state index contributed by atoms with van der Waals surface area (Å²) < 4.78 is 5.42. The number of urea groups is 1. The first-order valence-corrected chi connectivity index (χ1v) is 8.70. The molecule has 0 bridgehead atoms. The smallest absolute Gasteiger partial charge is 0.338 e. The van der Waals surface area contributed by atoms with E-state index in [0.717, 1.165) is 18.4 Å². The van der Waals surface area contributed by atoms with Gasteiger partial charge in [0.1, 0.15) is 0 Å². The third-order valence-electron chi connectivity index (χ3n) is 4.16. The van der Waals surface area contributed by atoms with Crippen LogP contribution in [-0.2, 0) is 9.53 Å². The largest absolute Gasteiger partial charge is 0.459 e. The number of rotatable bonds is 6. The summed E-state index contributed by atoms with van der Waals surface area (Å²) in [5, 5.41) is 2.93. The van der Waals surface area contributed by atoms with Crippen LogP contribution in [0.25, 0.3) is 0 Å². The number of hydrogen-bond donors (Lipinski definition) is 2. The van der Waals surface area contributed by atoms with E-state index in [4.69, 9.17) is 10.5 Å². The van der Waals surface area contributed by atoms with Crippen molar-refractivity contribution in [2.24, 2.45) is 0 Å². The number of benzene rings is 1. The Bertz CT molecular complexity index is 665. The fraction of sp³-hybridized carbons (Fsp3) is 0.474. The van der Waals surface area contributed by atoms with Crippen molar-refractivity contribution in [2.75, 3.05) is 12.3 Å². The van der Waals surface area contributed by atoms with Gasteiger partial charge in [0.2, 0.25) is 0 Å². The van der Waals surface area contributed by atoms with Crippen LogP contribution in [0, 0.1) is 0 Å². The summed E-state index contributed by atoms with van der Waals surface area (Å²) in [6.07, 6.45) is 1.59. The first-order valence-electron chi connectivity index (χ1n) is 8.70. The molecule has 1 unspecified atom stereocenters.